The Balaban J connectivity index is 4.78. The van der Waals surface area contributed by atoms with Crippen LogP contribution in [-0.2, 0) is 33.4 Å². The first-order valence-electron chi connectivity index (χ1n) is 7.53. The van der Waals surface area contributed by atoms with Crippen LogP contribution in [-0.4, -0.2) is 94.1 Å². The largest absolute Gasteiger partial charge is 0.468 e. The van der Waals surface area contributed by atoms with Crippen LogP contribution in [0.2, 0.25) is 0 Å². The van der Waals surface area contributed by atoms with E-state index >= 15 is 0 Å². The molecule has 0 rings (SSSR count). The fraction of sp³-hybridized carbons (Fsp3) is 0.733. The summed E-state index contributed by atoms with van der Waals surface area (Å²) < 4.78 is 13.8. The molecule has 0 saturated heterocycles. The zero-order valence-electron chi connectivity index (χ0n) is 14.7. The predicted octanol–water partition coefficient (Wildman–Crippen LogP) is -0.911. The third kappa shape index (κ3) is 9.90. The number of rotatable bonds is 12. The van der Waals surface area contributed by atoms with Crippen molar-refractivity contribution in [2.45, 2.75) is 13.3 Å². The number of methoxy groups -OCH3 is 3. The summed E-state index contributed by atoms with van der Waals surface area (Å²) in [6.45, 7) is 2.16. The number of carbonyl (C=O) groups is 4. The van der Waals surface area contributed by atoms with Crippen LogP contribution in [0.15, 0.2) is 0 Å². The molecule has 0 atom stereocenters. The van der Waals surface area contributed by atoms with E-state index in [1.54, 1.807) is 11.8 Å². The highest BCUT2D eigenvalue weighted by Gasteiger charge is 2.19. The number of Topliss-reactive ketones (excluding diaryl/α,β-unsaturated/α-hetero) is 1. The van der Waals surface area contributed by atoms with Crippen molar-refractivity contribution >= 4 is 23.7 Å². The van der Waals surface area contributed by atoms with Crippen molar-refractivity contribution in [3.63, 3.8) is 0 Å². The van der Waals surface area contributed by atoms with Crippen molar-refractivity contribution in [2.75, 3.05) is 60.6 Å². The molecule has 0 saturated carbocycles. The molecule has 0 radical (unpaired) electrons. The summed E-state index contributed by atoms with van der Waals surface area (Å²) in [5.74, 6) is -1.48. The second-order valence-electron chi connectivity index (χ2n) is 5.04. The standard InChI is InChI=1S/C15H26N2O7/c1-5-12(18)8-16(9-13(19)22-2)6-7-17(10-14(20)23-3)11-15(21)24-4/h5-11H2,1-4H3. The fourth-order valence-corrected chi connectivity index (χ4v) is 1.81. The molecule has 0 bridgehead atoms. The number of ketones is 1. The first-order chi connectivity index (χ1) is 11.4. The van der Waals surface area contributed by atoms with E-state index in [0.29, 0.717) is 13.0 Å². The summed E-state index contributed by atoms with van der Waals surface area (Å²) in [5, 5.41) is 0. The summed E-state index contributed by atoms with van der Waals surface area (Å²) in [6.07, 6.45) is 0.353. The number of esters is 3. The third-order valence-electron chi connectivity index (χ3n) is 3.27. The van der Waals surface area contributed by atoms with E-state index < -0.39 is 17.9 Å². The molecule has 0 aromatic rings. The molecule has 0 unspecified atom stereocenters. The fourth-order valence-electron chi connectivity index (χ4n) is 1.81. The lowest BCUT2D eigenvalue weighted by molar-refractivity contribution is -0.147. The molecule has 0 N–H and O–H groups in total. The molecule has 0 heterocycles. The van der Waals surface area contributed by atoms with Gasteiger partial charge in [-0.3, -0.25) is 29.0 Å². The van der Waals surface area contributed by atoms with E-state index in [1.807, 2.05) is 0 Å². The van der Waals surface area contributed by atoms with Gasteiger partial charge < -0.3 is 14.2 Å². The Morgan fingerprint density at radius 3 is 1.29 bits per heavy atom. The quantitative estimate of drug-likeness (QED) is 0.328. The van der Waals surface area contributed by atoms with Gasteiger partial charge in [-0.05, 0) is 0 Å². The van der Waals surface area contributed by atoms with Crippen LogP contribution in [0.25, 0.3) is 0 Å². The molecular formula is C15H26N2O7. The normalized spacial score (nSPS) is 10.6. The lowest BCUT2D eigenvalue weighted by Gasteiger charge is -2.25. The lowest BCUT2D eigenvalue weighted by Crippen LogP contribution is -2.43. The predicted molar refractivity (Wildman–Crippen MR) is 84.2 cm³/mol. The average Bonchev–Trinajstić information content (AvgIpc) is 2.58. The second-order valence-corrected chi connectivity index (χ2v) is 5.04. The van der Waals surface area contributed by atoms with Gasteiger partial charge in [0.15, 0.2) is 0 Å². The molecule has 138 valence electrons. The number of hydrogen-bond acceptors (Lipinski definition) is 9. The monoisotopic (exact) mass is 346 g/mol. The van der Waals surface area contributed by atoms with Crippen molar-refractivity contribution in [3.8, 4) is 0 Å². The summed E-state index contributed by atoms with van der Waals surface area (Å²) in [7, 11) is 3.77. The van der Waals surface area contributed by atoms with Crippen LogP contribution in [0.3, 0.4) is 0 Å². The Hall–Kier alpha value is -2.00. The maximum atomic E-state index is 11.6. The lowest BCUT2D eigenvalue weighted by atomic mass is 10.3. The SMILES string of the molecule is CCC(=O)CN(CCN(CC(=O)OC)CC(=O)OC)CC(=O)OC. The summed E-state index contributed by atoms with van der Waals surface area (Å²) in [5.41, 5.74) is 0. The Kier molecular flexibility index (Phi) is 11.4. The molecular weight excluding hydrogens is 320 g/mol. The van der Waals surface area contributed by atoms with E-state index in [9.17, 15) is 19.2 Å². The highest BCUT2D eigenvalue weighted by molar-refractivity contribution is 5.81. The van der Waals surface area contributed by atoms with Gasteiger partial charge >= 0.3 is 17.9 Å². The minimum atomic E-state index is -0.497. The first kappa shape index (κ1) is 22.0. The highest BCUT2D eigenvalue weighted by atomic mass is 16.5. The summed E-state index contributed by atoms with van der Waals surface area (Å²) >= 11 is 0. The molecule has 24 heavy (non-hydrogen) atoms. The Labute approximate surface area is 141 Å². The molecule has 0 spiro atoms. The maximum Gasteiger partial charge on any atom is 0.319 e. The van der Waals surface area contributed by atoms with Crippen LogP contribution in [0.4, 0.5) is 0 Å². The Morgan fingerprint density at radius 2 is 1.00 bits per heavy atom. The molecule has 9 heteroatoms. The average molecular weight is 346 g/mol. The number of hydrogen-bond donors (Lipinski definition) is 0. The number of carbonyl (C=O) groups excluding carboxylic acids is 4. The van der Waals surface area contributed by atoms with Gasteiger partial charge in [-0.1, -0.05) is 6.92 Å². The third-order valence-corrected chi connectivity index (χ3v) is 3.27. The Bertz CT molecular complexity index is 364. The van der Waals surface area contributed by atoms with Crippen LogP contribution in [0, 0.1) is 0 Å². The Morgan fingerprint density at radius 1 is 0.667 bits per heavy atom. The van der Waals surface area contributed by atoms with Gasteiger partial charge in [0, 0.05) is 19.5 Å². The van der Waals surface area contributed by atoms with E-state index in [0.717, 1.165) is 0 Å². The van der Waals surface area contributed by atoms with Crippen LogP contribution >= 0.6 is 0 Å². The van der Waals surface area contributed by atoms with Gasteiger partial charge in [0.2, 0.25) is 0 Å². The minimum Gasteiger partial charge on any atom is -0.468 e. The smallest absolute Gasteiger partial charge is 0.319 e. The van der Waals surface area contributed by atoms with Gasteiger partial charge in [0.1, 0.15) is 5.78 Å². The van der Waals surface area contributed by atoms with Crippen molar-refractivity contribution in [1.29, 1.82) is 0 Å². The first-order valence-corrected chi connectivity index (χ1v) is 7.53. The molecule has 0 aromatic carbocycles. The zero-order chi connectivity index (χ0) is 18.5. The van der Waals surface area contributed by atoms with Gasteiger partial charge in [-0.2, -0.15) is 0 Å². The van der Waals surface area contributed by atoms with E-state index in [1.165, 1.54) is 26.2 Å². The van der Waals surface area contributed by atoms with E-state index in [2.05, 4.69) is 14.2 Å². The zero-order valence-corrected chi connectivity index (χ0v) is 14.7. The highest BCUT2D eigenvalue weighted by Crippen LogP contribution is 1.98. The maximum absolute atomic E-state index is 11.6. The molecule has 0 aliphatic heterocycles. The molecule has 0 aliphatic rings. The topological polar surface area (TPSA) is 102 Å². The van der Waals surface area contributed by atoms with Crippen LogP contribution in [0.5, 0.6) is 0 Å². The van der Waals surface area contributed by atoms with Crippen molar-refractivity contribution in [3.05, 3.63) is 0 Å². The molecule has 0 amide bonds. The number of ether oxygens (including phenoxy) is 3. The molecule has 9 nitrogen and oxygen atoms in total. The van der Waals surface area contributed by atoms with Gasteiger partial charge in [-0.15, -0.1) is 0 Å². The van der Waals surface area contributed by atoms with Gasteiger partial charge in [-0.25, -0.2) is 0 Å². The van der Waals surface area contributed by atoms with Crippen molar-refractivity contribution in [2.24, 2.45) is 0 Å². The minimum absolute atomic E-state index is 0.0219. The summed E-state index contributed by atoms with van der Waals surface area (Å²) in [4.78, 5) is 49.1. The second kappa shape index (κ2) is 12.4. The van der Waals surface area contributed by atoms with Crippen LogP contribution in [0.1, 0.15) is 13.3 Å². The van der Waals surface area contributed by atoms with E-state index in [-0.39, 0.29) is 38.5 Å². The van der Waals surface area contributed by atoms with Gasteiger partial charge in [0.05, 0.1) is 47.5 Å². The van der Waals surface area contributed by atoms with E-state index in [4.69, 9.17) is 0 Å². The van der Waals surface area contributed by atoms with Crippen molar-refractivity contribution < 1.29 is 33.4 Å². The van der Waals surface area contributed by atoms with Crippen LogP contribution < -0.4 is 0 Å². The molecule has 0 aliphatic carbocycles. The molecule has 0 aromatic heterocycles. The van der Waals surface area contributed by atoms with Crippen molar-refractivity contribution in [1.82, 2.24) is 9.80 Å². The number of nitrogens with zero attached hydrogens (tertiary/aromatic N) is 2. The summed E-state index contributed by atoms with van der Waals surface area (Å²) in [6, 6.07) is 0. The van der Waals surface area contributed by atoms with Gasteiger partial charge in [0.25, 0.3) is 0 Å². The molecule has 0 fully saturated rings.